The predicted molar refractivity (Wildman–Crippen MR) is 87.6 cm³/mol. The number of amides is 1. The Morgan fingerprint density at radius 3 is 2.67 bits per heavy atom. The fourth-order valence-electron chi connectivity index (χ4n) is 2.08. The van der Waals surface area contributed by atoms with E-state index in [1.54, 1.807) is 11.8 Å². The molecule has 0 aromatic heterocycles. The van der Waals surface area contributed by atoms with E-state index < -0.39 is 0 Å². The lowest BCUT2D eigenvalue weighted by Crippen LogP contribution is -2.42. The Labute approximate surface area is 131 Å². The Morgan fingerprint density at radius 1 is 1.38 bits per heavy atom. The minimum absolute atomic E-state index is 0.00375. The van der Waals surface area contributed by atoms with Crippen LogP contribution in [0.2, 0.25) is 0 Å². The molecule has 1 aliphatic rings. The maximum absolute atomic E-state index is 12.1. The third-order valence-corrected chi connectivity index (χ3v) is 4.29. The van der Waals surface area contributed by atoms with Crippen LogP contribution in [0.25, 0.3) is 0 Å². The van der Waals surface area contributed by atoms with E-state index >= 15 is 0 Å². The summed E-state index contributed by atoms with van der Waals surface area (Å²) in [6, 6.07) is 7.89. The first-order chi connectivity index (χ1) is 10.1. The molecule has 0 unspecified atom stereocenters. The lowest BCUT2D eigenvalue weighted by atomic mass is 10.1. The second-order valence-corrected chi connectivity index (χ2v) is 6.81. The van der Waals surface area contributed by atoms with Crippen molar-refractivity contribution in [1.82, 2.24) is 10.6 Å². The molecular formula is C16H24N2O2S. The minimum Gasteiger partial charge on any atom is -0.493 e. The third-order valence-electron chi connectivity index (χ3n) is 3.36. The van der Waals surface area contributed by atoms with Gasteiger partial charge in [0.05, 0.1) is 18.7 Å². The van der Waals surface area contributed by atoms with Crippen molar-refractivity contribution in [3.8, 4) is 5.75 Å². The van der Waals surface area contributed by atoms with E-state index in [9.17, 15) is 4.79 Å². The quantitative estimate of drug-likeness (QED) is 0.848. The summed E-state index contributed by atoms with van der Waals surface area (Å²) in [6.07, 6.45) is 0. The first kappa shape index (κ1) is 16.2. The second kappa shape index (κ2) is 7.71. The largest absolute Gasteiger partial charge is 0.493 e. The molecule has 2 atom stereocenters. The number of rotatable bonds is 6. The van der Waals surface area contributed by atoms with Gasteiger partial charge in [-0.25, -0.2) is 0 Å². The summed E-state index contributed by atoms with van der Waals surface area (Å²) in [4.78, 5) is 12.1. The summed E-state index contributed by atoms with van der Waals surface area (Å²) in [6.45, 7) is 6.98. The molecule has 0 bridgehead atoms. The Hall–Kier alpha value is -1.20. The van der Waals surface area contributed by atoms with E-state index in [4.69, 9.17) is 4.74 Å². The highest BCUT2D eigenvalue weighted by Crippen LogP contribution is 2.19. The van der Waals surface area contributed by atoms with Crippen LogP contribution >= 0.6 is 11.8 Å². The minimum atomic E-state index is -0.0638. The number of hydrogen-bond donors (Lipinski definition) is 2. The van der Waals surface area contributed by atoms with Gasteiger partial charge in [-0.3, -0.25) is 10.1 Å². The second-order valence-electron chi connectivity index (χ2n) is 5.78. The van der Waals surface area contributed by atoms with Crippen LogP contribution in [0.5, 0.6) is 5.75 Å². The number of carbonyl (C=O) groups excluding carboxylic acids is 1. The maximum atomic E-state index is 12.1. The molecule has 0 aliphatic carbocycles. The molecule has 1 fully saturated rings. The van der Waals surface area contributed by atoms with E-state index in [1.807, 2.05) is 31.2 Å². The van der Waals surface area contributed by atoms with Crippen LogP contribution in [0.15, 0.2) is 24.3 Å². The van der Waals surface area contributed by atoms with Gasteiger partial charge in [-0.05, 0) is 30.5 Å². The van der Waals surface area contributed by atoms with Gasteiger partial charge < -0.3 is 10.1 Å². The number of thioether (sulfide) groups is 1. The van der Waals surface area contributed by atoms with Gasteiger partial charge >= 0.3 is 0 Å². The molecule has 4 nitrogen and oxygen atoms in total. The highest BCUT2D eigenvalue weighted by molar-refractivity contribution is 7.99. The molecule has 21 heavy (non-hydrogen) atoms. The van der Waals surface area contributed by atoms with Crippen LogP contribution in [-0.4, -0.2) is 30.2 Å². The van der Waals surface area contributed by atoms with Crippen molar-refractivity contribution >= 4 is 17.7 Å². The van der Waals surface area contributed by atoms with Gasteiger partial charge in [-0.15, -0.1) is 11.8 Å². The maximum Gasteiger partial charge on any atom is 0.238 e. The average molecular weight is 308 g/mol. The SMILES string of the molecule is CC(C)COc1ccc([C@H](C)NC(=O)[C@@H]2CSCN2)cc1. The topological polar surface area (TPSA) is 50.4 Å². The third kappa shape index (κ3) is 4.93. The summed E-state index contributed by atoms with van der Waals surface area (Å²) in [5.74, 6) is 3.17. The van der Waals surface area contributed by atoms with E-state index in [2.05, 4.69) is 24.5 Å². The molecule has 1 aliphatic heterocycles. The van der Waals surface area contributed by atoms with Crippen molar-refractivity contribution in [2.45, 2.75) is 32.9 Å². The van der Waals surface area contributed by atoms with E-state index in [0.29, 0.717) is 5.92 Å². The number of hydrogen-bond acceptors (Lipinski definition) is 4. The molecule has 0 saturated carbocycles. The molecule has 0 spiro atoms. The number of nitrogens with one attached hydrogen (secondary N) is 2. The Morgan fingerprint density at radius 2 is 2.10 bits per heavy atom. The lowest BCUT2D eigenvalue weighted by molar-refractivity contribution is -0.123. The normalized spacial score (nSPS) is 19.5. The zero-order chi connectivity index (χ0) is 15.2. The van der Waals surface area contributed by atoms with Crippen molar-refractivity contribution < 1.29 is 9.53 Å². The number of ether oxygens (including phenoxy) is 1. The molecule has 1 amide bonds. The molecular weight excluding hydrogens is 284 g/mol. The molecule has 2 N–H and O–H groups in total. The average Bonchev–Trinajstić information content (AvgIpc) is 3.00. The molecule has 1 heterocycles. The van der Waals surface area contributed by atoms with Gasteiger partial charge in [0.25, 0.3) is 0 Å². The first-order valence-electron chi connectivity index (χ1n) is 7.40. The molecule has 2 rings (SSSR count). The van der Waals surface area contributed by atoms with Crippen molar-refractivity contribution in [2.75, 3.05) is 18.2 Å². The van der Waals surface area contributed by atoms with Gasteiger partial charge in [-0.2, -0.15) is 0 Å². The highest BCUT2D eigenvalue weighted by atomic mass is 32.2. The number of carbonyl (C=O) groups is 1. The lowest BCUT2D eigenvalue weighted by Gasteiger charge is -2.18. The summed E-state index contributed by atoms with van der Waals surface area (Å²) in [5.41, 5.74) is 1.09. The van der Waals surface area contributed by atoms with Crippen molar-refractivity contribution in [1.29, 1.82) is 0 Å². The smallest absolute Gasteiger partial charge is 0.238 e. The fourth-order valence-corrected chi connectivity index (χ4v) is 3.02. The summed E-state index contributed by atoms with van der Waals surface area (Å²) < 4.78 is 5.66. The summed E-state index contributed by atoms with van der Waals surface area (Å²) in [5, 5.41) is 6.23. The fraction of sp³-hybridized carbons (Fsp3) is 0.562. The van der Waals surface area contributed by atoms with Gasteiger partial charge in [0.1, 0.15) is 5.75 Å². The molecule has 1 aromatic rings. The molecule has 1 aromatic carbocycles. The van der Waals surface area contributed by atoms with Gasteiger partial charge in [-0.1, -0.05) is 26.0 Å². The first-order valence-corrected chi connectivity index (χ1v) is 8.56. The van der Waals surface area contributed by atoms with Crippen molar-refractivity contribution in [2.24, 2.45) is 5.92 Å². The van der Waals surface area contributed by atoms with Crippen molar-refractivity contribution in [3.63, 3.8) is 0 Å². The highest BCUT2D eigenvalue weighted by Gasteiger charge is 2.23. The molecule has 1 saturated heterocycles. The van der Waals surface area contributed by atoms with Crippen LogP contribution in [0.4, 0.5) is 0 Å². The predicted octanol–water partition coefficient (Wildman–Crippen LogP) is 2.56. The monoisotopic (exact) mass is 308 g/mol. The standard InChI is InChI=1S/C16H24N2O2S/c1-11(2)8-20-14-6-4-13(5-7-14)12(3)18-16(19)15-9-21-10-17-15/h4-7,11-12,15,17H,8-10H2,1-3H3,(H,18,19)/t12-,15-/m0/s1. The molecule has 0 radical (unpaired) electrons. The van der Waals surface area contributed by atoms with Crippen LogP contribution in [0, 0.1) is 5.92 Å². The van der Waals surface area contributed by atoms with Crippen LogP contribution in [-0.2, 0) is 4.79 Å². The molecule has 5 heteroatoms. The van der Waals surface area contributed by atoms with E-state index in [-0.39, 0.29) is 18.0 Å². The Balaban J connectivity index is 1.87. The van der Waals surface area contributed by atoms with Crippen LogP contribution < -0.4 is 15.4 Å². The van der Waals surface area contributed by atoms with Crippen molar-refractivity contribution in [3.05, 3.63) is 29.8 Å². The number of benzene rings is 1. The van der Waals surface area contributed by atoms with E-state index in [1.165, 1.54) is 0 Å². The zero-order valence-electron chi connectivity index (χ0n) is 12.9. The molecule has 116 valence electrons. The Kier molecular flexibility index (Phi) is 5.94. The van der Waals surface area contributed by atoms with Crippen LogP contribution in [0.3, 0.4) is 0 Å². The Bertz CT molecular complexity index is 456. The van der Waals surface area contributed by atoms with Gasteiger partial charge in [0, 0.05) is 11.6 Å². The van der Waals surface area contributed by atoms with E-state index in [0.717, 1.165) is 29.5 Å². The zero-order valence-corrected chi connectivity index (χ0v) is 13.7. The van der Waals surface area contributed by atoms with Gasteiger partial charge in [0.15, 0.2) is 0 Å². The summed E-state index contributed by atoms with van der Waals surface area (Å²) in [7, 11) is 0. The van der Waals surface area contributed by atoms with Crippen LogP contribution in [0.1, 0.15) is 32.4 Å². The summed E-state index contributed by atoms with van der Waals surface area (Å²) >= 11 is 1.75. The van der Waals surface area contributed by atoms with Gasteiger partial charge in [0.2, 0.25) is 5.91 Å².